The van der Waals surface area contributed by atoms with E-state index in [2.05, 4.69) is 73.7 Å². The molecule has 0 nitrogen and oxygen atoms in total. The summed E-state index contributed by atoms with van der Waals surface area (Å²) < 4.78 is 0. The zero-order valence-electron chi connectivity index (χ0n) is 10.3. The minimum atomic E-state index is 1.02. The van der Waals surface area contributed by atoms with Crippen LogP contribution >= 0.6 is 0 Å². The van der Waals surface area contributed by atoms with E-state index in [4.69, 9.17) is 0 Å². The van der Waals surface area contributed by atoms with Gasteiger partial charge in [-0.15, -0.1) is 0 Å². The maximum Gasteiger partial charge on any atom is -0.0157 e. The van der Waals surface area contributed by atoms with Crippen molar-refractivity contribution in [2.45, 2.75) is 19.8 Å². The molecule has 86 valence electrons. The number of hydrogen-bond donors (Lipinski definition) is 0. The molecule has 1 aliphatic carbocycles. The molecule has 0 bridgehead atoms. The minimum Gasteiger partial charge on any atom is -0.0807 e. The summed E-state index contributed by atoms with van der Waals surface area (Å²) in [4.78, 5) is 0. The monoisotopic (exact) mass is 222 g/mol. The van der Waals surface area contributed by atoms with Crippen molar-refractivity contribution >= 4 is 5.57 Å². The van der Waals surface area contributed by atoms with Crippen molar-refractivity contribution in [2.24, 2.45) is 0 Å². The predicted molar refractivity (Wildman–Crippen MR) is 75.7 cm³/mol. The van der Waals surface area contributed by atoms with Crippen LogP contribution in [0, 0.1) is 0 Å². The first-order valence-electron chi connectivity index (χ1n) is 6.19. The second-order valence-corrected chi connectivity index (χ2v) is 4.12. The first-order chi connectivity index (χ1) is 8.40. The number of allylic oxidation sites excluding steroid dienone is 8. The van der Waals surface area contributed by atoms with Crippen molar-refractivity contribution in [1.29, 1.82) is 0 Å². The van der Waals surface area contributed by atoms with Gasteiger partial charge in [-0.3, -0.25) is 0 Å². The van der Waals surface area contributed by atoms with Gasteiger partial charge in [0.15, 0.2) is 0 Å². The normalized spacial score (nSPS) is 15.6. The van der Waals surface area contributed by atoms with Crippen LogP contribution in [0.2, 0.25) is 0 Å². The van der Waals surface area contributed by atoms with Gasteiger partial charge in [0.2, 0.25) is 0 Å². The van der Waals surface area contributed by atoms with E-state index in [-0.39, 0.29) is 0 Å². The number of rotatable bonds is 3. The maximum absolute atomic E-state index is 2.29. The molecule has 1 aromatic carbocycles. The smallest absolute Gasteiger partial charge is 0.0157 e. The van der Waals surface area contributed by atoms with Crippen LogP contribution in [0.5, 0.6) is 0 Å². The third-order valence-electron chi connectivity index (χ3n) is 2.89. The van der Waals surface area contributed by atoms with Crippen LogP contribution in [0.3, 0.4) is 0 Å². The highest BCUT2D eigenvalue weighted by Gasteiger charge is 1.99. The van der Waals surface area contributed by atoms with E-state index in [0.29, 0.717) is 0 Å². The lowest BCUT2D eigenvalue weighted by molar-refractivity contribution is 1.23. The first-order valence-corrected chi connectivity index (χ1v) is 6.19. The van der Waals surface area contributed by atoms with Gasteiger partial charge in [0.25, 0.3) is 0 Å². The van der Waals surface area contributed by atoms with E-state index in [1.165, 1.54) is 16.7 Å². The van der Waals surface area contributed by atoms with E-state index in [0.717, 1.165) is 12.8 Å². The SMILES string of the molecule is CC/C(=C\C1=CCC=CC=C1)c1ccccc1. The Labute approximate surface area is 104 Å². The van der Waals surface area contributed by atoms with Crippen LogP contribution in [-0.4, -0.2) is 0 Å². The summed E-state index contributed by atoms with van der Waals surface area (Å²) >= 11 is 0. The zero-order valence-corrected chi connectivity index (χ0v) is 10.3. The number of benzene rings is 1. The largest absolute Gasteiger partial charge is 0.0807 e. The van der Waals surface area contributed by atoms with Crippen molar-refractivity contribution in [3.8, 4) is 0 Å². The molecule has 2 rings (SSSR count). The number of hydrogen-bond acceptors (Lipinski definition) is 0. The lowest BCUT2D eigenvalue weighted by atomic mass is 10.0. The maximum atomic E-state index is 2.29. The van der Waals surface area contributed by atoms with Gasteiger partial charge in [-0.2, -0.15) is 0 Å². The van der Waals surface area contributed by atoms with E-state index in [1.807, 2.05) is 0 Å². The zero-order chi connectivity index (χ0) is 11.9. The van der Waals surface area contributed by atoms with Gasteiger partial charge in [0.1, 0.15) is 0 Å². The van der Waals surface area contributed by atoms with Gasteiger partial charge in [0, 0.05) is 0 Å². The minimum absolute atomic E-state index is 1.02. The topological polar surface area (TPSA) is 0 Å². The van der Waals surface area contributed by atoms with Crippen molar-refractivity contribution in [2.75, 3.05) is 0 Å². The molecule has 1 aromatic rings. The summed E-state index contributed by atoms with van der Waals surface area (Å²) in [6.45, 7) is 2.21. The van der Waals surface area contributed by atoms with Crippen LogP contribution in [0.15, 0.2) is 72.4 Å². The summed E-state index contributed by atoms with van der Waals surface area (Å²) in [6, 6.07) is 10.6. The highest BCUT2D eigenvalue weighted by atomic mass is 14.0. The molecular formula is C17H18. The molecule has 0 radical (unpaired) electrons. The molecule has 0 atom stereocenters. The van der Waals surface area contributed by atoms with Crippen molar-refractivity contribution < 1.29 is 0 Å². The summed E-state index contributed by atoms with van der Waals surface area (Å²) in [5.41, 5.74) is 4.01. The molecule has 0 fully saturated rings. The van der Waals surface area contributed by atoms with E-state index < -0.39 is 0 Å². The molecule has 0 N–H and O–H groups in total. The van der Waals surface area contributed by atoms with Gasteiger partial charge >= 0.3 is 0 Å². The van der Waals surface area contributed by atoms with Gasteiger partial charge in [-0.05, 0) is 29.6 Å². The third-order valence-corrected chi connectivity index (χ3v) is 2.89. The Morgan fingerprint density at radius 3 is 2.76 bits per heavy atom. The third kappa shape index (κ3) is 3.32. The van der Waals surface area contributed by atoms with Gasteiger partial charge in [-0.25, -0.2) is 0 Å². The van der Waals surface area contributed by atoms with E-state index in [9.17, 15) is 0 Å². The molecule has 0 amide bonds. The van der Waals surface area contributed by atoms with Gasteiger partial charge in [0.05, 0.1) is 0 Å². The molecule has 0 saturated heterocycles. The van der Waals surface area contributed by atoms with Crippen molar-refractivity contribution in [1.82, 2.24) is 0 Å². The van der Waals surface area contributed by atoms with Gasteiger partial charge in [-0.1, -0.05) is 73.7 Å². The van der Waals surface area contributed by atoms with Crippen LogP contribution in [0.1, 0.15) is 25.3 Å². The standard InChI is InChI=1S/C17H18/c1-2-16(17-12-8-5-9-13-17)14-15-10-6-3-4-7-11-15/h3-6,8-14H,2,7H2,1H3/b16-14+. The molecule has 0 heteroatoms. The lowest BCUT2D eigenvalue weighted by Crippen LogP contribution is -1.83. The highest BCUT2D eigenvalue weighted by molar-refractivity contribution is 5.69. The Morgan fingerprint density at radius 2 is 2.00 bits per heavy atom. The van der Waals surface area contributed by atoms with Crippen LogP contribution in [0.4, 0.5) is 0 Å². The summed E-state index contributed by atoms with van der Waals surface area (Å²) in [5.74, 6) is 0. The fraction of sp³-hybridized carbons (Fsp3) is 0.176. The molecular weight excluding hydrogens is 204 g/mol. The Hall–Kier alpha value is -1.82. The average molecular weight is 222 g/mol. The lowest BCUT2D eigenvalue weighted by Gasteiger charge is -2.05. The molecule has 1 aliphatic rings. The van der Waals surface area contributed by atoms with Crippen LogP contribution < -0.4 is 0 Å². The van der Waals surface area contributed by atoms with Crippen LogP contribution in [0.25, 0.3) is 5.57 Å². The molecule has 0 heterocycles. The summed E-state index contributed by atoms with van der Waals surface area (Å²) in [6.07, 6.45) is 15.2. The Balaban J connectivity index is 2.27. The Kier molecular flexibility index (Phi) is 4.15. The van der Waals surface area contributed by atoms with Crippen LogP contribution in [-0.2, 0) is 0 Å². The molecule has 0 aliphatic heterocycles. The fourth-order valence-electron chi connectivity index (χ4n) is 1.95. The van der Waals surface area contributed by atoms with Gasteiger partial charge < -0.3 is 0 Å². The Bertz CT molecular complexity index is 470. The molecule has 0 aromatic heterocycles. The van der Waals surface area contributed by atoms with Crippen molar-refractivity contribution in [3.05, 3.63) is 77.9 Å². The molecule has 0 unspecified atom stereocenters. The summed E-state index contributed by atoms with van der Waals surface area (Å²) in [7, 11) is 0. The second kappa shape index (κ2) is 6.05. The quantitative estimate of drug-likeness (QED) is 0.680. The van der Waals surface area contributed by atoms with E-state index in [1.54, 1.807) is 0 Å². The second-order valence-electron chi connectivity index (χ2n) is 4.12. The summed E-state index contributed by atoms with van der Waals surface area (Å²) in [5, 5.41) is 0. The molecule has 17 heavy (non-hydrogen) atoms. The highest BCUT2D eigenvalue weighted by Crippen LogP contribution is 2.21. The van der Waals surface area contributed by atoms with Crippen molar-refractivity contribution in [3.63, 3.8) is 0 Å². The average Bonchev–Trinajstić information content (AvgIpc) is 2.65. The first kappa shape index (κ1) is 11.7. The molecule has 0 saturated carbocycles. The fourth-order valence-corrected chi connectivity index (χ4v) is 1.95. The Morgan fingerprint density at radius 1 is 1.18 bits per heavy atom. The molecule has 0 spiro atoms. The predicted octanol–water partition coefficient (Wildman–Crippen LogP) is 4.92. The van der Waals surface area contributed by atoms with E-state index >= 15 is 0 Å².